The van der Waals surface area contributed by atoms with E-state index in [1.807, 2.05) is 0 Å². The van der Waals surface area contributed by atoms with Crippen LogP contribution in [0.5, 0.6) is 0 Å². The van der Waals surface area contributed by atoms with Gasteiger partial charge in [0.1, 0.15) is 0 Å². The Kier molecular flexibility index (Phi) is 5.72. The lowest BCUT2D eigenvalue weighted by molar-refractivity contribution is -0.184. The highest BCUT2D eigenvalue weighted by molar-refractivity contribution is 6.05. The van der Waals surface area contributed by atoms with Crippen molar-refractivity contribution in [3.05, 3.63) is 65.2 Å². The third-order valence-electron chi connectivity index (χ3n) is 4.94. The van der Waals surface area contributed by atoms with Gasteiger partial charge in [0.05, 0.1) is 5.92 Å². The standard InChI is InChI=1S/C21H21F3N2O2/c1-14-9-10-16(12-18(14)25-19(27)15-6-3-2-4-7-15)20(28)26-11-5-8-17(13-26)21(22,23)24/h2-4,6-7,9-10,12,17H,5,8,11,13H2,1H3,(H,25,27). The minimum atomic E-state index is -4.30. The van der Waals surface area contributed by atoms with Crippen LogP contribution < -0.4 is 5.32 Å². The van der Waals surface area contributed by atoms with E-state index in [4.69, 9.17) is 0 Å². The molecular weight excluding hydrogens is 369 g/mol. The molecule has 4 nitrogen and oxygen atoms in total. The summed E-state index contributed by atoms with van der Waals surface area (Å²) in [5.74, 6) is -2.26. The largest absolute Gasteiger partial charge is 0.393 e. The Morgan fingerprint density at radius 2 is 1.79 bits per heavy atom. The summed E-state index contributed by atoms with van der Waals surface area (Å²) in [6.45, 7) is 1.75. The minimum absolute atomic E-state index is 0.0412. The summed E-state index contributed by atoms with van der Waals surface area (Å²) < 4.78 is 39.1. The molecule has 0 radical (unpaired) electrons. The third kappa shape index (κ3) is 4.52. The first kappa shape index (κ1) is 19.9. The van der Waals surface area contributed by atoms with Crippen molar-refractivity contribution < 1.29 is 22.8 Å². The number of alkyl halides is 3. The zero-order valence-corrected chi connectivity index (χ0v) is 15.4. The van der Waals surface area contributed by atoms with Gasteiger partial charge in [0.2, 0.25) is 0 Å². The van der Waals surface area contributed by atoms with Crippen LogP contribution in [0, 0.1) is 12.8 Å². The van der Waals surface area contributed by atoms with Crippen molar-refractivity contribution >= 4 is 17.5 Å². The van der Waals surface area contributed by atoms with E-state index >= 15 is 0 Å². The van der Waals surface area contributed by atoms with Gasteiger partial charge in [-0.25, -0.2) is 0 Å². The van der Waals surface area contributed by atoms with Gasteiger partial charge in [0.25, 0.3) is 11.8 Å². The van der Waals surface area contributed by atoms with Crippen molar-refractivity contribution in [2.45, 2.75) is 25.9 Å². The molecule has 2 aromatic rings. The van der Waals surface area contributed by atoms with Crippen molar-refractivity contribution in [3.8, 4) is 0 Å². The average Bonchev–Trinajstić information content (AvgIpc) is 2.69. The predicted octanol–water partition coefficient (Wildman–Crippen LogP) is 4.66. The number of anilines is 1. The lowest BCUT2D eigenvalue weighted by atomic mass is 9.96. The lowest BCUT2D eigenvalue weighted by Gasteiger charge is -2.33. The van der Waals surface area contributed by atoms with Crippen molar-refractivity contribution in [1.82, 2.24) is 4.90 Å². The molecule has 0 aromatic heterocycles. The molecule has 0 spiro atoms. The van der Waals surface area contributed by atoms with E-state index in [0.717, 1.165) is 5.56 Å². The summed E-state index contributed by atoms with van der Waals surface area (Å²) in [5.41, 5.74) is 1.95. The van der Waals surface area contributed by atoms with Gasteiger partial charge in [-0.3, -0.25) is 9.59 Å². The van der Waals surface area contributed by atoms with E-state index < -0.39 is 18.0 Å². The molecule has 1 fully saturated rings. The zero-order valence-electron chi connectivity index (χ0n) is 15.4. The molecule has 7 heteroatoms. The van der Waals surface area contributed by atoms with Gasteiger partial charge in [-0.15, -0.1) is 0 Å². The summed E-state index contributed by atoms with van der Waals surface area (Å²) in [5, 5.41) is 2.77. The summed E-state index contributed by atoms with van der Waals surface area (Å²) in [6.07, 6.45) is -3.94. The van der Waals surface area contributed by atoms with Crippen molar-refractivity contribution in [2.24, 2.45) is 5.92 Å². The number of aryl methyl sites for hydroxylation is 1. The van der Waals surface area contributed by atoms with Crippen LogP contribution in [-0.2, 0) is 0 Å². The Labute approximate surface area is 161 Å². The van der Waals surface area contributed by atoms with Crippen molar-refractivity contribution in [2.75, 3.05) is 18.4 Å². The molecule has 28 heavy (non-hydrogen) atoms. The lowest BCUT2D eigenvalue weighted by Crippen LogP contribution is -2.44. The molecule has 2 aromatic carbocycles. The molecule has 0 bridgehead atoms. The van der Waals surface area contributed by atoms with Crippen LogP contribution in [0.2, 0.25) is 0 Å². The van der Waals surface area contributed by atoms with E-state index in [1.165, 1.54) is 11.0 Å². The molecule has 1 aliphatic rings. The van der Waals surface area contributed by atoms with Crippen LogP contribution in [0.1, 0.15) is 39.1 Å². The van der Waals surface area contributed by atoms with Crippen LogP contribution >= 0.6 is 0 Å². The number of amides is 2. The van der Waals surface area contributed by atoms with Gasteiger partial charge < -0.3 is 10.2 Å². The first-order valence-corrected chi connectivity index (χ1v) is 9.09. The molecule has 2 amide bonds. The number of carbonyl (C=O) groups excluding carboxylic acids is 2. The van der Waals surface area contributed by atoms with Crippen LogP contribution in [0.15, 0.2) is 48.5 Å². The van der Waals surface area contributed by atoms with Crippen molar-refractivity contribution in [1.29, 1.82) is 0 Å². The maximum atomic E-state index is 13.0. The molecule has 3 rings (SSSR count). The SMILES string of the molecule is Cc1ccc(C(=O)N2CCCC(C(F)(F)F)C2)cc1NC(=O)c1ccccc1. The number of carbonyl (C=O) groups is 2. The number of rotatable bonds is 3. The maximum absolute atomic E-state index is 13.0. The fourth-order valence-electron chi connectivity index (χ4n) is 3.29. The smallest absolute Gasteiger partial charge is 0.338 e. The number of halogens is 3. The van der Waals surface area contributed by atoms with Gasteiger partial charge in [0, 0.05) is 29.9 Å². The van der Waals surface area contributed by atoms with Gasteiger partial charge in [-0.2, -0.15) is 13.2 Å². The van der Waals surface area contributed by atoms with E-state index in [0.29, 0.717) is 24.2 Å². The van der Waals surface area contributed by atoms with Gasteiger partial charge in [-0.1, -0.05) is 24.3 Å². The zero-order chi connectivity index (χ0) is 20.3. The van der Waals surface area contributed by atoms with E-state index in [-0.39, 0.29) is 24.4 Å². The minimum Gasteiger partial charge on any atom is -0.338 e. The Bertz CT molecular complexity index is 866. The number of likely N-dealkylation sites (tertiary alicyclic amines) is 1. The molecule has 1 heterocycles. The predicted molar refractivity (Wildman–Crippen MR) is 100 cm³/mol. The number of hydrogen-bond donors (Lipinski definition) is 1. The number of nitrogens with one attached hydrogen (secondary N) is 1. The highest BCUT2D eigenvalue weighted by atomic mass is 19.4. The monoisotopic (exact) mass is 390 g/mol. The normalized spacial score (nSPS) is 17.3. The topological polar surface area (TPSA) is 49.4 Å². The van der Waals surface area contributed by atoms with Crippen molar-refractivity contribution in [3.63, 3.8) is 0 Å². The molecular formula is C21H21F3N2O2. The molecule has 1 atom stereocenters. The molecule has 1 aliphatic heterocycles. The highest BCUT2D eigenvalue weighted by Gasteiger charge is 2.42. The Morgan fingerprint density at radius 1 is 1.07 bits per heavy atom. The fourth-order valence-corrected chi connectivity index (χ4v) is 3.29. The second kappa shape index (κ2) is 8.04. The second-order valence-electron chi connectivity index (χ2n) is 6.98. The van der Waals surface area contributed by atoms with Crippen LogP contribution in [0.3, 0.4) is 0 Å². The molecule has 148 valence electrons. The average molecular weight is 390 g/mol. The Balaban J connectivity index is 1.77. The molecule has 1 unspecified atom stereocenters. The molecule has 0 aliphatic carbocycles. The Hall–Kier alpha value is -2.83. The molecule has 1 N–H and O–H groups in total. The summed E-state index contributed by atoms with van der Waals surface area (Å²) in [7, 11) is 0. The van der Waals surface area contributed by atoms with Gasteiger partial charge in [0.15, 0.2) is 0 Å². The highest BCUT2D eigenvalue weighted by Crippen LogP contribution is 2.33. The summed E-state index contributed by atoms with van der Waals surface area (Å²) in [4.78, 5) is 26.4. The number of piperidine rings is 1. The van der Waals surface area contributed by atoms with E-state index in [9.17, 15) is 22.8 Å². The quantitative estimate of drug-likeness (QED) is 0.829. The Morgan fingerprint density at radius 3 is 2.46 bits per heavy atom. The fraction of sp³-hybridized carbons (Fsp3) is 0.333. The number of nitrogens with zero attached hydrogens (tertiary/aromatic N) is 1. The van der Waals surface area contributed by atoms with Crippen LogP contribution in [0.25, 0.3) is 0 Å². The second-order valence-corrected chi connectivity index (χ2v) is 6.98. The van der Waals surface area contributed by atoms with E-state index in [1.54, 1.807) is 49.4 Å². The number of hydrogen-bond acceptors (Lipinski definition) is 2. The van der Waals surface area contributed by atoms with Crippen LogP contribution in [-0.4, -0.2) is 36.0 Å². The molecule has 1 saturated heterocycles. The van der Waals surface area contributed by atoms with Gasteiger partial charge >= 0.3 is 6.18 Å². The third-order valence-corrected chi connectivity index (χ3v) is 4.94. The first-order chi connectivity index (χ1) is 13.3. The van der Waals surface area contributed by atoms with Gasteiger partial charge in [-0.05, 0) is 49.6 Å². The number of benzene rings is 2. The van der Waals surface area contributed by atoms with E-state index in [2.05, 4.69) is 5.32 Å². The van der Waals surface area contributed by atoms with Crippen LogP contribution in [0.4, 0.5) is 18.9 Å². The summed E-state index contributed by atoms with van der Waals surface area (Å²) >= 11 is 0. The maximum Gasteiger partial charge on any atom is 0.393 e. The molecule has 0 saturated carbocycles. The summed E-state index contributed by atoms with van der Waals surface area (Å²) in [6, 6.07) is 13.4. The first-order valence-electron chi connectivity index (χ1n) is 9.09.